The molecule has 6 heteroatoms. The number of aryl methyl sites for hydroxylation is 1. The van der Waals surface area contributed by atoms with Crippen LogP contribution < -0.4 is 10.2 Å². The molecule has 0 spiro atoms. The van der Waals surface area contributed by atoms with E-state index in [4.69, 9.17) is 0 Å². The second-order valence-electron chi connectivity index (χ2n) is 5.24. The van der Waals surface area contributed by atoms with Gasteiger partial charge in [-0.25, -0.2) is 4.39 Å². The summed E-state index contributed by atoms with van der Waals surface area (Å²) in [6, 6.07) is 5.11. The molecule has 1 aromatic carbocycles. The lowest BCUT2D eigenvalue weighted by atomic mass is 10.1. The average Bonchev–Trinajstić information content (AvgIpc) is 2.88. The highest BCUT2D eigenvalue weighted by atomic mass is 19.1. The maximum Gasteiger partial charge on any atom is 0.245 e. The van der Waals surface area contributed by atoms with Crippen LogP contribution in [0.15, 0.2) is 18.2 Å². The zero-order valence-corrected chi connectivity index (χ0v) is 11.7. The zero-order chi connectivity index (χ0) is 14.1. The summed E-state index contributed by atoms with van der Waals surface area (Å²) in [7, 11) is 0. The number of aromatic amines is 1. The van der Waals surface area contributed by atoms with Gasteiger partial charge in [0.15, 0.2) is 5.82 Å². The third-order valence-electron chi connectivity index (χ3n) is 3.57. The number of H-pyrrole nitrogens is 1. The number of halogens is 1. The molecular formula is C14H18FN5. The van der Waals surface area contributed by atoms with E-state index in [1.807, 2.05) is 6.92 Å². The SMILES string of the molecule is Cc1cc(F)ccc1-c1nc(N2CCN[C@H](C)C2)n[nH]1. The molecule has 0 bridgehead atoms. The van der Waals surface area contributed by atoms with Crippen LogP contribution in [0.25, 0.3) is 11.4 Å². The molecule has 2 aromatic rings. The first-order valence-corrected chi connectivity index (χ1v) is 6.81. The second kappa shape index (κ2) is 5.20. The molecule has 0 radical (unpaired) electrons. The fourth-order valence-electron chi connectivity index (χ4n) is 2.52. The molecule has 2 N–H and O–H groups in total. The summed E-state index contributed by atoms with van der Waals surface area (Å²) >= 11 is 0. The van der Waals surface area contributed by atoms with Gasteiger partial charge in [-0.15, -0.1) is 5.10 Å². The number of rotatable bonds is 2. The van der Waals surface area contributed by atoms with E-state index in [9.17, 15) is 4.39 Å². The van der Waals surface area contributed by atoms with Crippen LogP contribution >= 0.6 is 0 Å². The number of benzene rings is 1. The van der Waals surface area contributed by atoms with Gasteiger partial charge in [0.05, 0.1) is 0 Å². The molecule has 3 rings (SSSR count). The van der Waals surface area contributed by atoms with E-state index >= 15 is 0 Å². The smallest absolute Gasteiger partial charge is 0.245 e. The van der Waals surface area contributed by atoms with Crippen LogP contribution in [0.5, 0.6) is 0 Å². The molecule has 0 unspecified atom stereocenters. The highest BCUT2D eigenvalue weighted by Crippen LogP contribution is 2.22. The van der Waals surface area contributed by atoms with Gasteiger partial charge >= 0.3 is 0 Å². The molecule has 2 heterocycles. The Balaban J connectivity index is 1.86. The van der Waals surface area contributed by atoms with E-state index in [0.29, 0.717) is 17.8 Å². The molecule has 0 aliphatic carbocycles. The van der Waals surface area contributed by atoms with Gasteiger partial charge in [-0.05, 0) is 37.6 Å². The van der Waals surface area contributed by atoms with E-state index in [2.05, 4.69) is 32.3 Å². The quantitative estimate of drug-likeness (QED) is 0.876. The molecule has 0 amide bonds. The highest BCUT2D eigenvalue weighted by molar-refractivity contribution is 5.60. The maximum atomic E-state index is 13.1. The lowest BCUT2D eigenvalue weighted by Crippen LogP contribution is -2.49. The van der Waals surface area contributed by atoms with Gasteiger partial charge in [0.25, 0.3) is 0 Å². The summed E-state index contributed by atoms with van der Waals surface area (Å²) < 4.78 is 13.1. The summed E-state index contributed by atoms with van der Waals surface area (Å²) in [6.07, 6.45) is 0. The van der Waals surface area contributed by atoms with Crippen LogP contribution in [0.2, 0.25) is 0 Å². The average molecular weight is 275 g/mol. The van der Waals surface area contributed by atoms with Crippen molar-refractivity contribution < 1.29 is 4.39 Å². The van der Waals surface area contributed by atoms with Crippen LogP contribution in [0.1, 0.15) is 12.5 Å². The van der Waals surface area contributed by atoms with E-state index in [1.54, 1.807) is 6.07 Å². The van der Waals surface area contributed by atoms with Crippen LogP contribution in [0.4, 0.5) is 10.3 Å². The predicted molar refractivity (Wildman–Crippen MR) is 76.2 cm³/mol. The van der Waals surface area contributed by atoms with Gasteiger partial charge in [-0.2, -0.15) is 4.98 Å². The Bertz CT molecular complexity index is 609. The van der Waals surface area contributed by atoms with Crippen LogP contribution in [-0.2, 0) is 0 Å². The van der Waals surface area contributed by atoms with Gasteiger partial charge in [0.2, 0.25) is 5.95 Å². The molecule has 5 nitrogen and oxygen atoms in total. The van der Waals surface area contributed by atoms with Crippen molar-refractivity contribution in [2.24, 2.45) is 0 Å². The molecule has 20 heavy (non-hydrogen) atoms. The van der Waals surface area contributed by atoms with Crippen molar-refractivity contribution in [1.82, 2.24) is 20.5 Å². The molecular weight excluding hydrogens is 257 g/mol. The molecule has 106 valence electrons. The highest BCUT2D eigenvalue weighted by Gasteiger charge is 2.19. The first kappa shape index (κ1) is 13.1. The van der Waals surface area contributed by atoms with Crippen molar-refractivity contribution in [3.63, 3.8) is 0 Å². The predicted octanol–water partition coefficient (Wildman–Crippen LogP) is 1.72. The van der Waals surface area contributed by atoms with Crippen molar-refractivity contribution in [2.45, 2.75) is 19.9 Å². The van der Waals surface area contributed by atoms with Gasteiger partial charge < -0.3 is 10.2 Å². The fourth-order valence-corrected chi connectivity index (χ4v) is 2.52. The van der Waals surface area contributed by atoms with E-state index < -0.39 is 0 Å². The Morgan fingerprint density at radius 1 is 1.40 bits per heavy atom. The van der Waals surface area contributed by atoms with Crippen LogP contribution in [0.3, 0.4) is 0 Å². The molecule has 0 saturated carbocycles. The minimum atomic E-state index is -0.234. The summed E-state index contributed by atoms with van der Waals surface area (Å²) in [5, 5.41) is 10.6. The third-order valence-corrected chi connectivity index (χ3v) is 3.57. The van der Waals surface area contributed by atoms with Gasteiger partial charge in [-0.3, -0.25) is 5.10 Å². The second-order valence-corrected chi connectivity index (χ2v) is 5.24. The number of hydrogen-bond donors (Lipinski definition) is 2. The van der Waals surface area contributed by atoms with Gasteiger partial charge in [-0.1, -0.05) is 0 Å². The normalized spacial score (nSPS) is 19.4. The van der Waals surface area contributed by atoms with Gasteiger partial charge in [0, 0.05) is 31.2 Å². The molecule has 1 aliphatic heterocycles. The van der Waals surface area contributed by atoms with E-state index in [-0.39, 0.29) is 5.82 Å². The number of anilines is 1. The lowest BCUT2D eigenvalue weighted by Gasteiger charge is -2.30. The molecule has 1 aromatic heterocycles. The Labute approximate surface area is 117 Å². The summed E-state index contributed by atoms with van der Waals surface area (Å²) in [5.74, 6) is 1.16. The van der Waals surface area contributed by atoms with Crippen molar-refractivity contribution in [3.05, 3.63) is 29.6 Å². The first-order chi connectivity index (χ1) is 9.63. The standard InChI is InChI=1S/C14H18FN5/c1-9-7-11(15)3-4-12(9)13-17-14(19-18-13)20-6-5-16-10(2)8-20/h3-4,7,10,16H,5-6,8H2,1-2H3,(H,17,18,19)/t10-/m1/s1. The summed E-state index contributed by atoms with van der Waals surface area (Å²) in [5.41, 5.74) is 1.73. The Kier molecular flexibility index (Phi) is 3.40. The first-order valence-electron chi connectivity index (χ1n) is 6.81. The number of nitrogens with zero attached hydrogens (tertiary/aromatic N) is 3. The van der Waals surface area contributed by atoms with Crippen molar-refractivity contribution in [2.75, 3.05) is 24.5 Å². The minimum Gasteiger partial charge on any atom is -0.337 e. The van der Waals surface area contributed by atoms with Crippen molar-refractivity contribution in [1.29, 1.82) is 0 Å². The molecule has 1 saturated heterocycles. The summed E-state index contributed by atoms with van der Waals surface area (Å²) in [6.45, 7) is 6.72. The number of piperazine rings is 1. The van der Waals surface area contributed by atoms with Crippen molar-refractivity contribution >= 4 is 5.95 Å². The monoisotopic (exact) mass is 275 g/mol. The number of hydrogen-bond acceptors (Lipinski definition) is 4. The summed E-state index contributed by atoms with van der Waals surface area (Å²) in [4.78, 5) is 6.69. The van der Waals surface area contributed by atoms with E-state index in [1.165, 1.54) is 12.1 Å². The van der Waals surface area contributed by atoms with Crippen molar-refractivity contribution in [3.8, 4) is 11.4 Å². The Morgan fingerprint density at radius 2 is 2.25 bits per heavy atom. The number of aromatic nitrogens is 3. The minimum absolute atomic E-state index is 0.234. The maximum absolute atomic E-state index is 13.1. The molecule has 1 fully saturated rings. The Morgan fingerprint density at radius 3 is 3.00 bits per heavy atom. The Hall–Kier alpha value is -1.95. The molecule has 1 atom stereocenters. The largest absolute Gasteiger partial charge is 0.337 e. The van der Waals surface area contributed by atoms with E-state index in [0.717, 1.165) is 30.8 Å². The zero-order valence-electron chi connectivity index (χ0n) is 11.7. The van der Waals surface area contributed by atoms with Gasteiger partial charge in [0.1, 0.15) is 5.82 Å². The topological polar surface area (TPSA) is 56.8 Å². The lowest BCUT2D eigenvalue weighted by molar-refractivity contribution is 0.480. The molecule has 1 aliphatic rings. The van der Waals surface area contributed by atoms with Crippen LogP contribution in [-0.4, -0.2) is 40.9 Å². The fraction of sp³-hybridized carbons (Fsp3) is 0.429. The van der Waals surface area contributed by atoms with Crippen LogP contribution in [0, 0.1) is 12.7 Å². The third kappa shape index (κ3) is 2.51. The number of nitrogens with one attached hydrogen (secondary N) is 2.